The van der Waals surface area contributed by atoms with E-state index in [1.54, 1.807) is 48.5 Å². The lowest BCUT2D eigenvalue weighted by molar-refractivity contribution is -0.136. The maximum atomic E-state index is 12.6. The first-order valence-corrected chi connectivity index (χ1v) is 12.0. The van der Waals surface area contributed by atoms with Crippen LogP contribution in [0.4, 0.5) is 5.69 Å². The van der Waals surface area contributed by atoms with Gasteiger partial charge in [0.15, 0.2) is 0 Å². The molecule has 1 heterocycles. The Kier molecular flexibility index (Phi) is 7.94. The van der Waals surface area contributed by atoms with E-state index in [9.17, 15) is 14.4 Å². The van der Waals surface area contributed by atoms with Gasteiger partial charge >= 0.3 is 17.8 Å². The Hall–Kier alpha value is -4.21. The second-order valence-electron chi connectivity index (χ2n) is 7.31. The molecule has 0 aliphatic heterocycles. The van der Waals surface area contributed by atoms with Crippen LogP contribution in [0, 0.1) is 0 Å². The van der Waals surface area contributed by atoms with Gasteiger partial charge in [0, 0.05) is 15.8 Å². The van der Waals surface area contributed by atoms with Gasteiger partial charge in [-0.1, -0.05) is 29.8 Å². The van der Waals surface area contributed by atoms with E-state index in [1.807, 2.05) is 31.2 Å². The monoisotopic (exact) mass is 521 g/mol. The van der Waals surface area contributed by atoms with Crippen molar-refractivity contribution in [2.24, 2.45) is 5.10 Å². The summed E-state index contributed by atoms with van der Waals surface area (Å²) in [4.78, 5) is 36.9. The summed E-state index contributed by atoms with van der Waals surface area (Å²) in [7, 11) is 0. The van der Waals surface area contributed by atoms with Crippen LogP contribution in [0.5, 0.6) is 11.5 Å². The number of hydrogen-bond acceptors (Lipinski definition) is 7. The van der Waals surface area contributed by atoms with Crippen molar-refractivity contribution in [3.8, 4) is 11.5 Å². The molecule has 0 unspecified atom stereocenters. The molecule has 0 saturated heterocycles. The topological polar surface area (TPSA) is 106 Å². The van der Waals surface area contributed by atoms with Gasteiger partial charge in [-0.15, -0.1) is 11.3 Å². The second-order valence-corrected chi connectivity index (χ2v) is 8.74. The highest BCUT2D eigenvalue weighted by Crippen LogP contribution is 2.35. The molecule has 0 radical (unpaired) electrons. The largest absolute Gasteiger partial charge is 0.494 e. The van der Waals surface area contributed by atoms with Gasteiger partial charge in [0.05, 0.1) is 17.8 Å². The fraction of sp³-hybridized carbons (Fsp3) is 0.0769. The van der Waals surface area contributed by atoms with Crippen molar-refractivity contribution in [2.45, 2.75) is 6.92 Å². The Morgan fingerprint density at radius 2 is 1.64 bits per heavy atom. The Bertz CT molecular complexity index is 1430. The normalized spacial score (nSPS) is 10.8. The first-order valence-electron chi connectivity index (χ1n) is 10.8. The molecule has 2 amide bonds. The van der Waals surface area contributed by atoms with Gasteiger partial charge in [-0.3, -0.25) is 9.59 Å². The van der Waals surface area contributed by atoms with Gasteiger partial charge in [0.1, 0.15) is 16.4 Å². The zero-order valence-electron chi connectivity index (χ0n) is 19.0. The van der Waals surface area contributed by atoms with E-state index >= 15 is 0 Å². The molecule has 0 saturated carbocycles. The number of amides is 2. The number of benzene rings is 3. The highest BCUT2D eigenvalue weighted by atomic mass is 35.5. The van der Waals surface area contributed by atoms with E-state index in [0.717, 1.165) is 10.1 Å². The van der Waals surface area contributed by atoms with Crippen LogP contribution in [0.1, 0.15) is 22.2 Å². The lowest BCUT2D eigenvalue weighted by Crippen LogP contribution is -2.32. The molecule has 4 aromatic rings. The molecule has 0 aliphatic carbocycles. The van der Waals surface area contributed by atoms with E-state index < -0.39 is 17.8 Å². The minimum Gasteiger partial charge on any atom is -0.494 e. The molecule has 0 fully saturated rings. The summed E-state index contributed by atoms with van der Waals surface area (Å²) in [5, 5.41) is 7.43. The molecule has 2 N–H and O–H groups in total. The maximum Gasteiger partial charge on any atom is 0.355 e. The zero-order valence-corrected chi connectivity index (χ0v) is 20.6. The van der Waals surface area contributed by atoms with E-state index in [0.29, 0.717) is 39.3 Å². The standard InChI is InChI=1S/C26H20ClN3O5S/c1-2-34-18-13-9-17(10-14-18)29-24(31)25(32)30-28-15-16-7-11-19(12-8-16)35-26(33)23-22(27)20-5-3-4-6-21(20)36-23/h3-15H,2H2,1H3,(H,29,31)(H,30,32). The van der Waals surface area contributed by atoms with E-state index in [-0.39, 0.29) is 0 Å². The fourth-order valence-electron chi connectivity index (χ4n) is 3.13. The SMILES string of the molecule is CCOc1ccc(NC(=O)C(=O)NN=Cc2ccc(OC(=O)c3sc4ccccc4c3Cl)cc2)cc1. The number of nitrogens with zero attached hydrogens (tertiary/aromatic N) is 1. The molecular formula is C26H20ClN3O5S. The van der Waals surface area contributed by atoms with Crippen LogP contribution in [0.15, 0.2) is 77.9 Å². The van der Waals surface area contributed by atoms with Crippen molar-refractivity contribution in [2.75, 3.05) is 11.9 Å². The number of carbonyl (C=O) groups is 3. The van der Waals surface area contributed by atoms with Crippen molar-refractivity contribution in [1.29, 1.82) is 0 Å². The molecule has 1 aromatic heterocycles. The predicted octanol–water partition coefficient (Wildman–Crippen LogP) is 5.26. The van der Waals surface area contributed by atoms with Gasteiger partial charge in [0.2, 0.25) is 0 Å². The van der Waals surface area contributed by atoms with Gasteiger partial charge < -0.3 is 14.8 Å². The lowest BCUT2D eigenvalue weighted by Gasteiger charge is -2.06. The van der Waals surface area contributed by atoms with Crippen LogP contribution in [0.25, 0.3) is 10.1 Å². The summed E-state index contributed by atoms with van der Waals surface area (Å²) in [6, 6.07) is 20.6. The predicted molar refractivity (Wildman–Crippen MR) is 140 cm³/mol. The number of anilines is 1. The molecule has 0 spiro atoms. The van der Waals surface area contributed by atoms with Gasteiger partial charge in [-0.05, 0) is 67.1 Å². The number of fused-ring (bicyclic) bond motifs is 1. The number of ether oxygens (including phenoxy) is 2. The highest BCUT2D eigenvalue weighted by molar-refractivity contribution is 7.21. The van der Waals surface area contributed by atoms with E-state index in [4.69, 9.17) is 21.1 Å². The van der Waals surface area contributed by atoms with Crippen molar-refractivity contribution in [3.05, 3.63) is 88.3 Å². The lowest BCUT2D eigenvalue weighted by atomic mass is 10.2. The van der Waals surface area contributed by atoms with Crippen LogP contribution >= 0.6 is 22.9 Å². The average molecular weight is 522 g/mol. The molecule has 36 heavy (non-hydrogen) atoms. The Morgan fingerprint density at radius 3 is 2.33 bits per heavy atom. The molecule has 0 bridgehead atoms. The molecular weight excluding hydrogens is 502 g/mol. The van der Waals surface area contributed by atoms with Crippen LogP contribution < -0.4 is 20.2 Å². The third kappa shape index (κ3) is 6.07. The van der Waals surface area contributed by atoms with Crippen molar-refractivity contribution in [1.82, 2.24) is 5.43 Å². The summed E-state index contributed by atoms with van der Waals surface area (Å²) in [6.07, 6.45) is 1.36. The van der Waals surface area contributed by atoms with Crippen molar-refractivity contribution in [3.63, 3.8) is 0 Å². The number of hydrazone groups is 1. The summed E-state index contributed by atoms with van der Waals surface area (Å²) in [5.41, 5.74) is 3.23. The minimum absolute atomic E-state index is 0.324. The summed E-state index contributed by atoms with van der Waals surface area (Å²) >= 11 is 7.60. The van der Waals surface area contributed by atoms with E-state index in [2.05, 4.69) is 15.8 Å². The van der Waals surface area contributed by atoms with Crippen molar-refractivity contribution < 1.29 is 23.9 Å². The van der Waals surface area contributed by atoms with Crippen molar-refractivity contribution >= 4 is 62.7 Å². The number of hydrogen-bond donors (Lipinski definition) is 2. The number of nitrogens with one attached hydrogen (secondary N) is 2. The maximum absolute atomic E-state index is 12.6. The fourth-order valence-corrected chi connectivity index (χ4v) is 4.51. The molecule has 10 heteroatoms. The van der Waals surface area contributed by atoms with Crippen LogP contribution in [-0.2, 0) is 9.59 Å². The average Bonchev–Trinajstić information content (AvgIpc) is 3.23. The first-order chi connectivity index (χ1) is 17.4. The van der Waals surface area contributed by atoms with Gasteiger partial charge in [-0.25, -0.2) is 10.2 Å². The van der Waals surface area contributed by atoms with Crippen LogP contribution in [-0.4, -0.2) is 30.6 Å². The molecule has 0 atom stereocenters. The molecule has 182 valence electrons. The number of esters is 1. The number of carbonyl (C=O) groups excluding carboxylic acids is 3. The Morgan fingerprint density at radius 1 is 0.944 bits per heavy atom. The summed E-state index contributed by atoms with van der Waals surface area (Å²) in [5.74, 6) is -1.35. The quantitative estimate of drug-likeness (QED) is 0.113. The van der Waals surface area contributed by atoms with Crippen LogP contribution in [0.3, 0.4) is 0 Å². The van der Waals surface area contributed by atoms with Gasteiger partial charge in [0.25, 0.3) is 0 Å². The molecule has 0 aliphatic rings. The summed E-state index contributed by atoms with van der Waals surface area (Å²) in [6.45, 7) is 2.40. The highest BCUT2D eigenvalue weighted by Gasteiger charge is 2.19. The zero-order chi connectivity index (χ0) is 25.5. The number of thiophene rings is 1. The Labute approximate surface area is 215 Å². The third-order valence-electron chi connectivity index (χ3n) is 4.82. The van der Waals surface area contributed by atoms with E-state index in [1.165, 1.54) is 17.6 Å². The summed E-state index contributed by atoms with van der Waals surface area (Å²) < 4.78 is 11.7. The third-order valence-corrected chi connectivity index (χ3v) is 6.48. The second kappa shape index (κ2) is 11.5. The minimum atomic E-state index is -0.925. The Balaban J connectivity index is 1.29. The van der Waals surface area contributed by atoms with Gasteiger partial charge in [-0.2, -0.15) is 5.10 Å². The molecule has 3 aromatic carbocycles. The van der Waals surface area contributed by atoms with Crippen LogP contribution in [0.2, 0.25) is 5.02 Å². The smallest absolute Gasteiger partial charge is 0.355 e. The molecule has 8 nitrogen and oxygen atoms in total. The number of halogens is 1. The number of rotatable bonds is 7. The molecule has 4 rings (SSSR count). The first kappa shape index (κ1) is 24.9.